The molecule has 0 radical (unpaired) electrons. The van der Waals surface area contributed by atoms with Crippen LogP contribution in [0.2, 0.25) is 0 Å². The van der Waals surface area contributed by atoms with E-state index in [9.17, 15) is 14.2 Å². The number of amides is 1. The third kappa shape index (κ3) is 7.70. The van der Waals surface area contributed by atoms with Crippen LogP contribution in [0.3, 0.4) is 0 Å². The van der Waals surface area contributed by atoms with Crippen molar-refractivity contribution >= 4 is 32.1 Å². The van der Waals surface area contributed by atoms with E-state index in [1.165, 1.54) is 0 Å². The lowest BCUT2D eigenvalue weighted by Gasteiger charge is -2.13. The van der Waals surface area contributed by atoms with Crippen molar-refractivity contribution in [1.29, 1.82) is 0 Å². The Labute approximate surface area is 97.8 Å². The van der Waals surface area contributed by atoms with Gasteiger partial charge in [-0.05, 0) is 12.2 Å². The van der Waals surface area contributed by atoms with Crippen molar-refractivity contribution in [2.75, 3.05) is 11.9 Å². The third-order valence-corrected chi connectivity index (χ3v) is 2.75. The molecule has 94 valence electrons. The second-order valence-corrected chi connectivity index (χ2v) is 5.33. The second-order valence-electron chi connectivity index (χ2n) is 3.11. The molecule has 0 aromatic heterocycles. The van der Waals surface area contributed by atoms with Gasteiger partial charge in [0.15, 0.2) is 0 Å². The quantitative estimate of drug-likeness (QED) is 0.312. The minimum atomic E-state index is -4.23. The summed E-state index contributed by atoms with van der Waals surface area (Å²) in [5, 5.41) is 10.8. The molecule has 9 heteroatoms. The predicted octanol–water partition coefficient (Wildman–Crippen LogP) is -0.557. The van der Waals surface area contributed by atoms with E-state index in [1.807, 2.05) is 0 Å². The fraction of sp³-hybridized carbons (Fsp3) is 0.714. The molecule has 0 aliphatic carbocycles. The first-order chi connectivity index (χ1) is 7.26. The lowest BCUT2D eigenvalue weighted by Crippen LogP contribution is -2.41. The first-order valence-electron chi connectivity index (χ1n) is 4.44. The van der Waals surface area contributed by atoms with E-state index >= 15 is 0 Å². The summed E-state index contributed by atoms with van der Waals surface area (Å²) >= 11 is 3.84. The zero-order valence-electron chi connectivity index (χ0n) is 8.37. The van der Waals surface area contributed by atoms with Crippen LogP contribution in [-0.2, 0) is 14.2 Å². The monoisotopic (exact) mass is 271 g/mol. The lowest BCUT2D eigenvalue weighted by molar-refractivity contribution is -0.141. The highest BCUT2D eigenvalue weighted by atomic mass is 32.1. The number of carbonyl (C=O) groups excluding carboxylic acids is 1. The highest BCUT2D eigenvalue weighted by molar-refractivity contribution is 7.80. The molecular formula is C7H14NO6PS. The highest BCUT2D eigenvalue weighted by Gasteiger charge is 2.21. The summed E-state index contributed by atoms with van der Waals surface area (Å²) in [6.07, 6.45) is -0.841. The minimum Gasteiger partial charge on any atom is -0.480 e. The fourth-order valence-electron chi connectivity index (χ4n) is 0.900. The number of hydrogen-bond donors (Lipinski definition) is 5. The number of carboxylic acids is 1. The van der Waals surface area contributed by atoms with Gasteiger partial charge in [0.1, 0.15) is 6.04 Å². The van der Waals surface area contributed by atoms with Gasteiger partial charge < -0.3 is 20.2 Å². The fourth-order valence-corrected chi connectivity index (χ4v) is 1.65. The largest absolute Gasteiger partial charge is 0.480 e. The van der Waals surface area contributed by atoms with Crippen molar-refractivity contribution in [3.63, 3.8) is 0 Å². The Bertz CT molecular complexity index is 303. The Balaban J connectivity index is 4.10. The Kier molecular flexibility index (Phi) is 6.66. The SMILES string of the molecule is O=C(CCP(=O)(O)O)N[C@@H](CCS)C(=O)O. The number of carbonyl (C=O) groups is 2. The molecular weight excluding hydrogens is 257 g/mol. The van der Waals surface area contributed by atoms with Crippen LogP contribution in [0.1, 0.15) is 12.8 Å². The van der Waals surface area contributed by atoms with Gasteiger partial charge in [0.05, 0.1) is 6.16 Å². The summed E-state index contributed by atoms with van der Waals surface area (Å²) in [4.78, 5) is 38.8. The molecule has 7 nitrogen and oxygen atoms in total. The smallest absolute Gasteiger partial charge is 0.326 e. The van der Waals surface area contributed by atoms with E-state index in [4.69, 9.17) is 14.9 Å². The normalized spacial score (nSPS) is 13.2. The van der Waals surface area contributed by atoms with Crippen LogP contribution in [-0.4, -0.2) is 44.7 Å². The molecule has 0 bridgehead atoms. The molecule has 0 heterocycles. The van der Waals surface area contributed by atoms with E-state index in [1.54, 1.807) is 0 Å². The van der Waals surface area contributed by atoms with Gasteiger partial charge in [-0.1, -0.05) is 0 Å². The van der Waals surface area contributed by atoms with Crippen LogP contribution < -0.4 is 5.32 Å². The van der Waals surface area contributed by atoms with Crippen molar-refractivity contribution in [1.82, 2.24) is 5.32 Å². The van der Waals surface area contributed by atoms with E-state index in [2.05, 4.69) is 17.9 Å². The minimum absolute atomic E-state index is 0.153. The van der Waals surface area contributed by atoms with Gasteiger partial charge in [0.25, 0.3) is 0 Å². The molecule has 1 amide bonds. The first kappa shape index (κ1) is 15.4. The number of hydrogen-bond acceptors (Lipinski definition) is 4. The summed E-state index contributed by atoms with van der Waals surface area (Å²) in [5.74, 6) is -1.61. The van der Waals surface area contributed by atoms with Crippen molar-refractivity contribution < 1.29 is 29.0 Å². The molecule has 0 fully saturated rings. The molecule has 4 N–H and O–H groups in total. The number of rotatable bonds is 7. The molecule has 0 aromatic carbocycles. The molecule has 0 aliphatic heterocycles. The Morgan fingerprint density at radius 2 is 1.94 bits per heavy atom. The zero-order chi connectivity index (χ0) is 12.8. The van der Waals surface area contributed by atoms with Gasteiger partial charge in [-0.3, -0.25) is 9.36 Å². The number of nitrogens with one attached hydrogen (secondary N) is 1. The molecule has 1 atom stereocenters. The second kappa shape index (κ2) is 6.90. The highest BCUT2D eigenvalue weighted by Crippen LogP contribution is 2.34. The maximum absolute atomic E-state index is 11.1. The molecule has 0 aliphatic rings. The maximum Gasteiger partial charge on any atom is 0.326 e. The predicted molar refractivity (Wildman–Crippen MR) is 59.6 cm³/mol. The van der Waals surface area contributed by atoms with Crippen LogP contribution in [0.15, 0.2) is 0 Å². The molecule has 0 unspecified atom stereocenters. The molecule has 0 saturated heterocycles. The summed E-state index contributed by atoms with van der Waals surface area (Å²) in [6, 6.07) is -1.07. The third-order valence-electron chi connectivity index (χ3n) is 1.68. The summed E-state index contributed by atoms with van der Waals surface area (Å²) < 4.78 is 10.5. The van der Waals surface area contributed by atoms with E-state index in [0.717, 1.165) is 0 Å². The maximum atomic E-state index is 11.1. The number of carboxylic acid groups (broad SMARTS) is 1. The molecule has 16 heavy (non-hydrogen) atoms. The van der Waals surface area contributed by atoms with Gasteiger partial charge in [-0.2, -0.15) is 12.6 Å². The average molecular weight is 271 g/mol. The molecule has 0 saturated carbocycles. The molecule has 0 spiro atoms. The standard InChI is InChI=1S/C7H14NO6PS/c9-6(1-3-15(12,13)14)8-5(2-4-16)7(10)11/h5,16H,1-4H2,(H,8,9)(H,10,11)(H2,12,13,14)/t5-/m0/s1. The van der Waals surface area contributed by atoms with E-state index in [-0.39, 0.29) is 12.2 Å². The molecule has 0 aromatic rings. The van der Waals surface area contributed by atoms with Gasteiger partial charge in [0.2, 0.25) is 5.91 Å². The van der Waals surface area contributed by atoms with Crippen LogP contribution in [0.4, 0.5) is 0 Å². The van der Waals surface area contributed by atoms with E-state index in [0.29, 0.717) is 0 Å². The zero-order valence-corrected chi connectivity index (χ0v) is 10.2. The Hall–Kier alpha value is -0.560. The Morgan fingerprint density at radius 1 is 1.38 bits per heavy atom. The van der Waals surface area contributed by atoms with Crippen molar-refractivity contribution in [3.8, 4) is 0 Å². The first-order valence-corrected chi connectivity index (χ1v) is 6.87. The molecule has 0 rings (SSSR count). The van der Waals surface area contributed by atoms with Crippen LogP contribution in [0.5, 0.6) is 0 Å². The topological polar surface area (TPSA) is 124 Å². The summed E-state index contributed by atoms with van der Waals surface area (Å²) in [6.45, 7) is 0. The van der Waals surface area contributed by atoms with Gasteiger partial charge >= 0.3 is 13.6 Å². The number of aliphatic carboxylic acids is 1. The van der Waals surface area contributed by atoms with Gasteiger partial charge in [-0.15, -0.1) is 0 Å². The van der Waals surface area contributed by atoms with Crippen molar-refractivity contribution in [3.05, 3.63) is 0 Å². The van der Waals surface area contributed by atoms with Gasteiger partial charge in [0, 0.05) is 6.42 Å². The van der Waals surface area contributed by atoms with Crippen molar-refractivity contribution in [2.24, 2.45) is 0 Å². The lowest BCUT2D eigenvalue weighted by atomic mass is 10.2. The van der Waals surface area contributed by atoms with Crippen molar-refractivity contribution in [2.45, 2.75) is 18.9 Å². The summed E-state index contributed by atoms with van der Waals surface area (Å²) in [7, 11) is -4.23. The van der Waals surface area contributed by atoms with Gasteiger partial charge in [-0.25, -0.2) is 4.79 Å². The van der Waals surface area contributed by atoms with Crippen LogP contribution in [0, 0.1) is 0 Å². The van der Waals surface area contributed by atoms with Crippen LogP contribution in [0.25, 0.3) is 0 Å². The summed E-state index contributed by atoms with van der Waals surface area (Å²) in [5.41, 5.74) is 0. The van der Waals surface area contributed by atoms with E-state index < -0.39 is 38.1 Å². The number of thiol groups is 1. The average Bonchev–Trinajstić information content (AvgIpc) is 2.13. The Morgan fingerprint density at radius 3 is 2.31 bits per heavy atom. The van der Waals surface area contributed by atoms with Crippen LogP contribution >= 0.6 is 20.2 Å².